The standard InChI is InChI=1S/2C25H17N.3C23H15N/c1-16-7-6-8-17(13-16)18-14-21-19-9-2-4-11-23(19)26-24-12-5-3-10-20(24)22(15-18)25(21)26;1-16-10-12-17(13-11-16)18-14-21-19-6-2-4-8-23(19)26-24-9-5-3-7-20(24)22(15-18)25(21)26;1-14-10-19-17-8-4-5-9-21(17)24-22-13-16-7-3-2-6-15(16)12-18(22)20(11-14)23(19)24;1-14-12-18-17-8-4-5-9-20(17)24-21-11-10-15-6-2-3-7-16(15)22(21)19(13-14)23(18)24;1-14-12-19-17-8-4-5-9-21(17)24-22-16-7-3-2-6-15(16)10-11-18(22)20(13-14)23(19)24/h2*2-15H,1H3;3*2-13H,1H3. The molecular weight excluding hydrogens is 1500 g/mol. The van der Waals surface area contributed by atoms with E-state index in [0.717, 1.165) is 0 Å². The number of rotatable bonds is 2. The van der Waals surface area contributed by atoms with Gasteiger partial charge in [0.15, 0.2) is 0 Å². The first-order valence-electron chi connectivity index (χ1n) is 43.3. The average Bonchev–Trinajstić information content (AvgIpc) is 1.57. The number of hydrogen-bond acceptors (Lipinski definition) is 0. The molecule has 0 atom stereocenters. The molecule has 30 aromatic rings. The highest BCUT2D eigenvalue weighted by atomic mass is 14.9. The van der Waals surface area contributed by atoms with Crippen LogP contribution in [0, 0.1) is 34.6 Å². The lowest BCUT2D eigenvalue weighted by atomic mass is 9.98. The van der Waals surface area contributed by atoms with Gasteiger partial charge in [0.2, 0.25) is 0 Å². The molecule has 0 aliphatic carbocycles. The van der Waals surface area contributed by atoms with Gasteiger partial charge in [0.1, 0.15) is 0 Å². The van der Waals surface area contributed by atoms with Gasteiger partial charge >= 0.3 is 0 Å². The Morgan fingerprint density at radius 1 is 0.129 bits per heavy atom. The SMILES string of the molecule is Cc1cc2c3ccccc3n3c4c5ccccc5ccc4c(c1)c23.Cc1cc2c3ccccc3n3c4cc5ccccc5cc4c(c1)c23.Cc1cc2c3ccccc3n3c4ccc5ccccc5c4c(c1)c23.Cc1ccc(-c2cc3c4ccccc4n4c5ccccc5c(c2)c34)cc1.Cc1cccc(-c2cc3c4ccccc4n4c5ccccc5c(c2)c34)c1. The molecule has 0 bridgehead atoms. The van der Waals surface area contributed by atoms with Crippen LogP contribution in [0.15, 0.2) is 388 Å². The third-order valence-corrected chi connectivity index (χ3v) is 27.1. The second kappa shape index (κ2) is 26.6. The lowest BCUT2D eigenvalue weighted by Crippen LogP contribution is -1.82. The van der Waals surface area contributed by atoms with Crippen LogP contribution in [-0.2, 0) is 0 Å². The van der Waals surface area contributed by atoms with Crippen molar-refractivity contribution in [2.45, 2.75) is 34.6 Å². The van der Waals surface area contributed by atoms with Gasteiger partial charge in [0, 0.05) is 113 Å². The fraction of sp³-hybridized carbons (Fsp3) is 0.0420. The summed E-state index contributed by atoms with van der Waals surface area (Å²) < 4.78 is 12.2. The largest absolute Gasteiger partial charge is 0.308 e. The van der Waals surface area contributed by atoms with Crippen LogP contribution in [0.25, 0.3) is 245 Å². The minimum atomic E-state index is 1.27. The van der Waals surface area contributed by atoms with Crippen LogP contribution in [0.1, 0.15) is 27.8 Å². The van der Waals surface area contributed by atoms with Crippen molar-refractivity contribution in [1.29, 1.82) is 0 Å². The molecule has 0 aliphatic rings. The molecular formula is C119H79N5. The van der Waals surface area contributed by atoms with Crippen molar-refractivity contribution in [3.63, 3.8) is 0 Å². The highest BCUT2D eigenvalue weighted by Gasteiger charge is 2.25. The predicted molar refractivity (Wildman–Crippen MR) is 533 cm³/mol. The number of aryl methyl sites for hydroxylation is 5. The zero-order chi connectivity index (χ0) is 82.0. The Morgan fingerprint density at radius 2 is 0.444 bits per heavy atom. The molecule has 0 fully saturated rings. The molecule has 5 nitrogen and oxygen atoms in total. The fourth-order valence-electron chi connectivity index (χ4n) is 21.9. The summed E-state index contributed by atoms with van der Waals surface area (Å²) >= 11 is 0. The van der Waals surface area contributed by atoms with E-state index in [4.69, 9.17) is 0 Å². The molecule has 5 heteroatoms. The zero-order valence-corrected chi connectivity index (χ0v) is 69.2. The highest BCUT2D eigenvalue weighted by molar-refractivity contribution is 6.32. The van der Waals surface area contributed by atoms with E-state index in [2.05, 4.69) is 445 Å². The molecule has 124 heavy (non-hydrogen) atoms. The lowest BCUT2D eigenvalue weighted by Gasteiger charge is -2.05. The van der Waals surface area contributed by atoms with Gasteiger partial charge in [-0.25, -0.2) is 0 Å². The van der Waals surface area contributed by atoms with E-state index in [1.165, 1.54) is 273 Å². The second-order valence-corrected chi connectivity index (χ2v) is 34.6. The Hall–Kier alpha value is -15.8. The first kappa shape index (κ1) is 70.1. The second-order valence-electron chi connectivity index (χ2n) is 34.6. The van der Waals surface area contributed by atoms with Gasteiger partial charge < -0.3 is 22.0 Å². The quantitative estimate of drug-likeness (QED) is 0.165. The van der Waals surface area contributed by atoms with E-state index in [1.54, 1.807) is 0 Å². The van der Waals surface area contributed by atoms with Crippen LogP contribution >= 0.6 is 0 Å². The highest BCUT2D eigenvalue weighted by Crippen LogP contribution is 2.49. The van der Waals surface area contributed by atoms with Crippen molar-refractivity contribution >= 4 is 223 Å². The Bertz CT molecular complexity index is 9390. The molecule has 0 N–H and O–H groups in total. The van der Waals surface area contributed by atoms with Crippen molar-refractivity contribution in [3.8, 4) is 22.3 Å². The predicted octanol–water partition coefficient (Wildman–Crippen LogP) is 32.5. The summed E-state index contributed by atoms with van der Waals surface area (Å²) in [5.74, 6) is 0. The summed E-state index contributed by atoms with van der Waals surface area (Å²) in [4.78, 5) is 0. The van der Waals surface area contributed by atoms with Gasteiger partial charge in [0.25, 0.3) is 0 Å². The average molecular weight is 1580 g/mol. The van der Waals surface area contributed by atoms with Gasteiger partial charge in [-0.15, -0.1) is 0 Å². The molecule has 0 radical (unpaired) electrons. The van der Waals surface area contributed by atoms with Gasteiger partial charge in [-0.3, -0.25) is 0 Å². The maximum atomic E-state index is 2.47. The number of benzene rings is 20. The molecule has 0 amide bonds. The smallest absolute Gasteiger partial charge is 0.0620 e. The topological polar surface area (TPSA) is 22.1 Å². The van der Waals surface area contributed by atoms with E-state index in [0.29, 0.717) is 0 Å². The summed E-state index contributed by atoms with van der Waals surface area (Å²) in [5.41, 5.74) is 31.4. The van der Waals surface area contributed by atoms with Crippen LogP contribution in [-0.4, -0.2) is 22.0 Å². The molecule has 0 saturated carbocycles. The number of fused-ring (bicyclic) bond motifs is 35. The van der Waals surface area contributed by atoms with Crippen LogP contribution in [0.3, 0.4) is 0 Å². The minimum Gasteiger partial charge on any atom is -0.308 e. The van der Waals surface area contributed by atoms with Crippen LogP contribution in [0.5, 0.6) is 0 Å². The Morgan fingerprint density at radius 3 is 0.903 bits per heavy atom. The summed E-state index contributed by atoms with van der Waals surface area (Å²) in [7, 11) is 0. The first-order chi connectivity index (χ1) is 61.1. The summed E-state index contributed by atoms with van der Waals surface area (Å²) in [6, 6.07) is 142. The molecule has 580 valence electrons. The van der Waals surface area contributed by atoms with E-state index in [1.807, 2.05) is 0 Å². The number of nitrogens with zero attached hydrogens (tertiary/aromatic N) is 5. The van der Waals surface area contributed by atoms with Crippen molar-refractivity contribution < 1.29 is 0 Å². The van der Waals surface area contributed by atoms with Crippen molar-refractivity contribution in [3.05, 3.63) is 416 Å². The molecule has 10 aromatic heterocycles. The van der Waals surface area contributed by atoms with E-state index >= 15 is 0 Å². The normalized spacial score (nSPS) is 12.2. The molecule has 20 aromatic carbocycles. The number of para-hydroxylation sites is 7. The third kappa shape index (κ3) is 10.2. The third-order valence-electron chi connectivity index (χ3n) is 27.1. The maximum Gasteiger partial charge on any atom is 0.0620 e. The van der Waals surface area contributed by atoms with E-state index in [-0.39, 0.29) is 0 Å². The van der Waals surface area contributed by atoms with Crippen molar-refractivity contribution in [2.75, 3.05) is 0 Å². The van der Waals surface area contributed by atoms with Crippen molar-refractivity contribution in [1.82, 2.24) is 22.0 Å². The lowest BCUT2D eigenvalue weighted by molar-refractivity contribution is 1.37. The summed E-state index contributed by atoms with van der Waals surface area (Å²) in [6.45, 7) is 10.9. The van der Waals surface area contributed by atoms with Gasteiger partial charge in [-0.1, -0.05) is 278 Å². The fourth-order valence-corrected chi connectivity index (χ4v) is 21.9. The van der Waals surface area contributed by atoms with E-state index < -0.39 is 0 Å². The summed E-state index contributed by atoms with van der Waals surface area (Å²) in [6.07, 6.45) is 0. The monoisotopic (exact) mass is 1580 g/mol. The van der Waals surface area contributed by atoms with Gasteiger partial charge in [-0.2, -0.15) is 0 Å². The molecule has 0 unspecified atom stereocenters. The molecule has 30 rings (SSSR count). The molecule has 10 heterocycles. The maximum absolute atomic E-state index is 2.47. The van der Waals surface area contributed by atoms with Gasteiger partial charge in [0.05, 0.1) is 82.8 Å². The molecule has 0 aliphatic heterocycles. The first-order valence-corrected chi connectivity index (χ1v) is 43.3. The Labute approximate surface area is 712 Å². The molecule has 0 saturated heterocycles. The van der Waals surface area contributed by atoms with Crippen LogP contribution in [0.2, 0.25) is 0 Å². The summed E-state index contributed by atoms with van der Waals surface area (Å²) in [5, 5.41) is 34.8. The Balaban J connectivity index is 0.0000000829. The number of aromatic nitrogens is 5. The van der Waals surface area contributed by atoms with Crippen LogP contribution in [0.4, 0.5) is 0 Å². The Kier molecular flexibility index (Phi) is 15.0. The molecule has 0 spiro atoms. The van der Waals surface area contributed by atoms with E-state index in [9.17, 15) is 0 Å². The van der Waals surface area contributed by atoms with Crippen LogP contribution < -0.4 is 0 Å². The number of hydrogen-bond donors (Lipinski definition) is 0. The minimum absolute atomic E-state index is 1.27. The van der Waals surface area contributed by atoms with Crippen molar-refractivity contribution in [2.24, 2.45) is 0 Å². The zero-order valence-electron chi connectivity index (χ0n) is 69.2. The van der Waals surface area contributed by atoms with Gasteiger partial charge in [-0.05, 0) is 222 Å².